The topological polar surface area (TPSA) is 55.1 Å². The normalized spacial score (nSPS) is 12.5. The predicted molar refractivity (Wildman–Crippen MR) is 59.5 cm³/mol. The molecule has 0 fully saturated rings. The first-order chi connectivity index (χ1) is 7.19. The van der Waals surface area contributed by atoms with Gasteiger partial charge < -0.3 is 4.79 Å². The van der Waals surface area contributed by atoms with Crippen molar-refractivity contribution in [3.63, 3.8) is 0 Å². The first kappa shape index (κ1) is 12.2. The summed E-state index contributed by atoms with van der Waals surface area (Å²) in [4.78, 5) is 10.5. The Hall–Kier alpha value is -0.910. The maximum Gasteiger partial charge on any atom is 0.128 e. The van der Waals surface area contributed by atoms with Crippen molar-refractivity contribution in [1.29, 1.82) is 0 Å². The Kier molecular flexibility index (Phi) is 4.74. The van der Waals surface area contributed by atoms with Gasteiger partial charge in [0.15, 0.2) is 0 Å². The maximum atomic E-state index is 13.5. The van der Waals surface area contributed by atoms with Gasteiger partial charge in [0.2, 0.25) is 0 Å². The highest BCUT2D eigenvalue weighted by Gasteiger charge is 2.07. The zero-order valence-electron chi connectivity index (χ0n) is 8.37. The van der Waals surface area contributed by atoms with Gasteiger partial charge in [0.1, 0.15) is 12.1 Å². The van der Waals surface area contributed by atoms with Crippen LogP contribution in [0.3, 0.4) is 0 Å². The summed E-state index contributed by atoms with van der Waals surface area (Å²) < 4.78 is 16.2. The number of hydrogen-bond donors (Lipinski definition) is 2. The van der Waals surface area contributed by atoms with Crippen molar-refractivity contribution in [2.24, 2.45) is 5.14 Å². The lowest BCUT2D eigenvalue weighted by molar-refractivity contribution is -0.108. The Morgan fingerprint density at radius 2 is 2.40 bits per heavy atom. The summed E-state index contributed by atoms with van der Waals surface area (Å²) in [5.41, 5.74) is 1.22. The molecule has 1 rings (SSSR count). The predicted octanol–water partition coefficient (Wildman–Crippen LogP) is 1.74. The van der Waals surface area contributed by atoms with Crippen LogP contribution < -0.4 is 9.86 Å². The van der Waals surface area contributed by atoms with Crippen molar-refractivity contribution in [2.45, 2.75) is 19.4 Å². The Bertz CT molecular complexity index is 346. The SMILES string of the molecule is CC(C=O)c1ccc(CNSN)c(F)c1. The smallest absolute Gasteiger partial charge is 0.128 e. The second kappa shape index (κ2) is 5.85. The van der Waals surface area contributed by atoms with E-state index in [0.717, 1.165) is 18.4 Å². The molecule has 0 radical (unpaired) electrons. The molecule has 1 aromatic carbocycles. The van der Waals surface area contributed by atoms with E-state index < -0.39 is 0 Å². The first-order valence-corrected chi connectivity index (χ1v) is 5.39. The van der Waals surface area contributed by atoms with Crippen LogP contribution in [0.25, 0.3) is 0 Å². The van der Waals surface area contributed by atoms with E-state index in [4.69, 9.17) is 5.14 Å². The van der Waals surface area contributed by atoms with E-state index in [1.807, 2.05) is 0 Å². The molecular formula is C10H13FN2OS. The summed E-state index contributed by atoms with van der Waals surface area (Å²) in [6, 6.07) is 4.80. The van der Waals surface area contributed by atoms with Crippen molar-refractivity contribution < 1.29 is 9.18 Å². The summed E-state index contributed by atoms with van der Waals surface area (Å²) in [6.07, 6.45) is 0.794. The quantitative estimate of drug-likeness (QED) is 0.595. The van der Waals surface area contributed by atoms with Crippen LogP contribution in [-0.2, 0) is 11.3 Å². The van der Waals surface area contributed by atoms with E-state index in [9.17, 15) is 9.18 Å². The number of benzene rings is 1. The zero-order valence-corrected chi connectivity index (χ0v) is 9.18. The Morgan fingerprint density at radius 1 is 1.67 bits per heavy atom. The molecule has 0 bridgehead atoms. The van der Waals surface area contributed by atoms with Crippen LogP contribution in [-0.4, -0.2) is 6.29 Å². The summed E-state index contributed by atoms with van der Waals surface area (Å²) in [5, 5.41) is 5.16. The second-order valence-corrected chi connectivity index (χ2v) is 3.74. The largest absolute Gasteiger partial charge is 0.303 e. The van der Waals surface area contributed by atoms with Gasteiger partial charge in [-0.05, 0) is 11.6 Å². The first-order valence-electron chi connectivity index (χ1n) is 4.51. The molecule has 15 heavy (non-hydrogen) atoms. The molecule has 0 heterocycles. The van der Waals surface area contributed by atoms with Gasteiger partial charge in [0.05, 0.1) is 0 Å². The van der Waals surface area contributed by atoms with Crippen LogP contribution in [0.4, 0.5) is 4.39 Å². The van der Waals surface area contributed by atoms with Crippen molar-refractivity contribution >= 4 is 18.4 Å². The standard InChI is InChI=1S/C10H13FN2OS/c1-7(6-14)8-2-3-9(5-13-15-12)10(11)4-8/h2-4,6-7,13H,5,12H2,1H3. The van der Waals surface area contributed by atoms with Crippen LogP contribution in [0.15, 0.2) is 18.2 Å². The van der Waals surface area contributed by atoms with E-state index in [0.29, 0.717) is 17.7 Å². The molecule has 1 unspecified atom stereocenters. The van der Waals surface area contributed by atoms with Crippen molar-refractivity contribution in [3.8, 4) is 0 Å². The summed E-state index contributed by atoms with van der Waals surface area (Å²) in [6.45, 7) is 2.10. The van der Waals surface area contributed by atoms with Gasteiger partial charge >= 0.3 is 0 Å². The molecule has 3 nitrogen and oxygen atoms in total. The minimum Gasteiger partial charge on any atom is -0.303 e. The van der Waals surface area contributed by atoms with Crippen molar-refractivity contribution in [1.82, 2.24) is 4.72 Å². The molecule has 0 aliphatic rings. The number of carbonyl (C=O) groups is 1. The Balaban J connectivity index is 2.83. The number of hydrogen-bond acceptors (Lipinski definition) is 4. The van der Waals surface area contributed by atoms with Gasteiger partial charge in [0, 0.05) is 30.2 Å². The number of rotatable bonds is 5. The highest BCUT2D eigenvalue weighted by molar-refractivity contribution is 7.95. The average molecular weight is 228 g/mol. The second-order valence-electron chi connectivity index (χ2n) is 3.21. The van der Waals surface area contributed by atoms with E-state index in [1.165, 1.54) is 6.07 Å². The van der Waals surface area contributed by atoms with Crippen LogP contribution in [0.1, 0.15) is 24.0 Å². The van der Waals surface area contributed by atoms with Crippen LogP contribution in [0.5, 0.6) is 0 Å². The highest BCUT2D eigenvalue weighted by Crippen LogP contribution is 2.17. The number of aldehydes is 1. The number of carbonyl (C=O) groups excluding carboxylic acids is 1. The van der Waals surface area contributed by atoms with Gasteiger partial charge in [-0.3, -0.25) is 5.14 Å². The molecule has 1 atom stereocenters. The van der Waals surface area contributed by atoms with Gasteiger partial charge in [-0.1, -0.05) is 19.1 Å². The maximum absolute atomic E-state index is 13.5. The molecule has 0 aromatic heterocycles. The molecule has 5 heteroatoms. The monoisotopic (exact) mass is 228 g/mol. The summed E-state index contributed by atoms with van der Waals surface area (Å²) in [5.74, 6) is -0.590. The number of nitrogens with two attached hydrogens (primary N) is 1. The fourth-order valence-electron chi connectivity index (χ4n) is 1.19. The average Bonchev–Trinajstić information content (AvgIpc) is 2.26. The molecule has 0 saturated carbocycles. The molecule has 0 saturated heterocycles. The molecule has 1 aromatic rings. The van der Waals surface area contributed by atoms with E-state index in [-0.39, 0.29) is 11.7 Å². The molecule has 0 aliphatic heterocycles. The molecular weight excluding hydrogens is 215 g/mol. The minimum absolute atomic E-state index is 0.273. The Labute approximate surface area is 92.5 Å². The zero-order chi connectivity index (χ0) is 11.3. The third-order valence-electron chi connectivity index (χ3n) is 2.15. The third-order valence-corrected chi connectivity index (χ3v) is 2.46. The number of nitrogens with one attached hydrogen (secondary N) is 1. The third kappa shape index (κ3) is 3.30. The van der Waals surface area contributed by atoms with Crippen molar-refractivity contribution in [3.05, 3.63) is 35.1 Å². The van der Waals surface area contributed by atoms with Crippen LogP contribution >= 0.6 is 12.1 Å². The highest BCUT2D eigenvalue weighted by atomic mass is 32.2. The van der Waals surface area contributed by atoms with Gasteiger partial charge in [0.25, 0.3) is 0 Å². The lowest BCUT2D eigenvalue weighted by Crippen LogP contribution is -2.08. The minimum atomic E-state index is -0.317. The fraction of sp³-hybridized carbons (Fsp3) is 0.300. The lowest BCUT2D eigenvalue weighted by Gasteiger charge is -2.07. The van der Waals surface area contributed by atoms with E-state index in [2.05, 4.69) is 4.72 Å². The number of halogens is 1. The molecule has 0 aliphatic carbocycles. The lowest BCUT2D eigenvalue weighted by atomic mass is 10.0. The van der Waals surface area contributed by atoms with Crippen LogP contribution in [0.2, 0.25) is 0 Å². The molecule has 0 amide bonds. The van der Waals surface area contributed by atoms with E-state index >= 15 is 0 Å². The summed E-state index contributed by atoms with van der Waals surface area (Å²) in [7, 11) is 0. The van der Waals surface area contributed by atoms with Crippen molar-refractivity contribution in [2.75, 3.05) is 0 Å². The summed E-state index contributed by atoms with van der Waals surface area (Å²) >= 11 is 0.947. The molecule has 0 spiro atoms. The molecule has 3 N–H and O–H groups in total. The van der Waals surface area contributed by atoms with Gasteiger partial charge in [-0.25, -0.2) is 9.11 Å². The van der Waals surface area contributed by atoms with Gasteiger partial charge in [-0.15, -0.1) is 0 Å². The Morgan fingerprint density at radius 3 is 2.93 bits per heavy atom. The van der Waals surface area contributed by atoms with Gasteiger partial charge in [-0.2, -0.15) is 0 Å². The fourth-order valence-corrected chi connectivity index (χ4v) is 1.43. The molecule has 82 valence electrons. The van der Waals surface area contributed by atoms with E-state index in [1.54, 1.807) is 19.1 Å². The van der Waals surface area contributed by atoms with Crippen LogP contribution in [0, 0.1) is 5.82 Å².